The summed E-state index contributed by atoms with van der Waals surface area (Å²) < 4.78 is 0. The van der Waals surface area contributed by atoms with Gasteiger partial charge in [0.15, 0.2) is 0 Å². The van der Waals surface area contributed by atoms with Gasteiger partial charge in [-0.1, -0.05) is 26.2 Å². The zero-order valence-electron chi connectivity index (χ0n) is 12.5. The van der Waals surface area contributed by atoms with Crippen LogP contribution in [0.3, 0.4) is 0 Å². The van der Waals surface area contributed by atoms with Gasteiger partial charge >= 0.3 is 12.0 Å². The number of nitrogens with one attached hydrogen (secondary N) is 3. The van der Waals surface area contributed by atoms with E-state index in [9.17, 15) is 19.5 Å². The molecule has 120 valence electrons. The average molecular weight is 299 g/mol. The van der Waals surface area contributed by atoms with Gasteiger partial charge in [-0.25, -0.2) is 9.59 Å². The molecule has 0 unspecified atom stereocenters. The molecule has 0 aliphatic heterocycles. The number of carboxylic acids is 1. The molecule has 0 heterocycles. The van der Waals surface area contributed by atoms with Crippen molar-refractivity contribution in [3.8, 4) is 0 Å². The number of carbonyl (C=O) groups is 3. The van der Waals surface area contributed by atoms with E-state index in [2.05, 4.69) is 16.0 Å². The fourth-order valence-electron chi connectivity index (χ4n) is 2.45. The van der Waals surface area contributed by atoms with Crippen molar-refractivity contribution in [3.63, 3.8) is 0 Å². The molecule has 0 radical (unpaired) electrons. The Bertz CT molecular complexity index is 378. The Morgan fingerprint density at radius 2 is 1.71 bits per heavy atom. The third-order valence-corrected chi connectivity index (χ3v) is 3.68. The summed E-state index contributed by atoms with van der Waals surface area (Å²) in [6.07, 6.45) is 4.54. The number of urea groups is 1. The molecule has 7 nitrogen and oxygen atoms in total. The highest BCUT2D eigenvalue weighted by Gasteiger charge is 2.40. The number of aliphatic carboxylic acids is 1. The maximum atomic E-state index is 11.8. The Morgan fingerprint density at radius 3 is 2.29 bits per heavy atom. The molecule has 0 aromatic carbocycles. The van der Waals surface area contributed by atoms with Crippen LogP contribution in [0, 0.1) is 0 Å². The van der Waals surface area contributed by atoms with E-state index in [0.29, 0.717) is 19.4 Å². The highest BCUT2D eigenvalue weighted by atomic mass is 16.4. The van der Waals surface area contributed by atoms with Gasteiger partial charge in [0, 0.05) is 19.5 Å². The summed E-state index contributed by atoms with van der Waals surface area (Å²) in [6.45, 7) is 2.77. The van der Waals surface area contributed by atoms with E-state index < -0.39 is 17.5 Å². The Labute approximate surface area is 124 Å². The van der Waals surface area contributed by atoms with E-state index in [1.165, 1.54) is 0 Å². The second kappa shape index (κ2) is 8.49. The first kappa shape index (κ1) is 17.3. The number of carbonyl (C=O) groups excluding carboxylic acids is 2. The van der Waals surface area contributed by atoms with E-state index >= 15 is 0 Å². The number of hydrogen-bond acceptors (Lipinski definition) is 3. The summed E-state index contributed by atoms with van der Waals surface area (Å²) in [7, 11) is 0. The summed E-state index contributed by atoms with van der Waals surface area (Å²) >= 11 is 0. The van der Waals surface area contributed by atoms with E-state index in [1.807, 2.05) is 6.92 Å². The Hall–Kier alpha value is -1.79. The summed E-state index contributed by atoms with van der Waals surface area (Å²) in [6, 6.07) is -0.525. The lowest BCUT2D eigenvalue weighted by Crippen LogP contribution is -2.58. The van der Waals surface area contributed by atoms with Crippen molar-refractivity contribution in [2.24, 2.45) is 0 Å². The monoisotopic (exact) mass is 299 g/mol. The Morgan fingerprint density at radius 1 is 1.05 bits per heavy atom. The van der Waals surface area contributed by atoms with Gasteiger partial charge in [-0.15, -0.1) is 0 Å². The number of hydrogen-bond donors (Lipinski definition) is 4. The lowest BCUT2D eigenvalue weighted by Gasteiger charge is -2.33. The Kier molecular flexibility index (Phi) is 6.98. The molecule has 1 aliphatic carbocycles. The molecule has 1 rings (SSSR count). The van der Waals surface area contributed by atoms with E-state index in [-0.39, 0.29) is 18.9 Å². The first-order valence-electron chi connectivity index (χ1n) is 7.56. The third-order valence-electron chi connectivity index (χ3n) is 3.68. The van der Waals surface area contributed by atoms with Crippen molar-refractivity contribution in [1.82, 2.24) is 16.0 Å². The quantitative estimate of drug-likeness (QED) is 0.562. The molecule has 21 heavy (non-hydrogen) atoms. The smallest absolute Gasteiger partial charge is 0.329 e. The van der Waals surface area contributed by atoms with E-state index in [1.54, 1.807) is 0 Å². The molecule has 0 atom stereocenters. The predicted molar refractivity (Wildman–Crippen MR) is 77.9 cm³/mol. The molecule has 7 heteroatoms. The lowest BCUT2D eigenvalue weighted by atomic mass is 9.82. The van der Waals surface area contributed by atoms with Gasteiger partial charge in [0.05, 0.1) is 0 Å². The molecule has 1 saturated carbocycles. The maximum Gasteiger partial charge on any atom is 0.329 e. The molecule has 0 aromatic rings. The summed E-state index contributed by atoms with van der Waals surface area (Å²) in [4.78, 5) is 34.6. The average Bonchev–Trinajstić information content (AvgIpc) is 2.45. The van der Waals surface area contributed by atoms with Crippen LogP contribution in [0.25, 0.3) is 0 Å². The van der Waals surface area contributed by atoms with Gasteiger partial charge in [0.2, 0.25) is 5.91 Å². The van der Waals surface area contributed by atoms with Crippen LogP contribution in [-0.2, 0) is 9.59 Å². The molecule has 0 spiro atoms. The number of amides is 3. The minimum absolute atomic E-state index is 0.122. The van der Waals surface area contributed by atoms with Crippen LogP contribution in [0.2, 0.25) is 0 Å². The normalized spacial score (nSPS) is 16.8. The first-order valence-corrected chi connectivity index (χ1v) is 7.56. The predicted octanol–water partition coefficient (Wildman–Crippen LogP) is 0.989. The Balaban J connectivity index is 2.34. The molecule has 3 amide bonds. The van der Waals surface area contributed by atoms with Gasteiger partial charge in [-0.2, -0.15) is 0 Å². The van der Waals surface area contributed by atoms with Gasteiger partial charge in [0.1, 0.15) is 5.54 Å². The zero-order valence-corrected chi connectivity index (χ0v) is 12.5. The standard InChI is InChI=1S/C14H25N3O4/c1-2-9-15-11(18)6-10-16-13(21)17-14(12(19)20)7-4-3-5-8-14/h2-10H2,1H3,(H,15,18)(H,19,20)(H2,16,17,21). The topological polar surface area (TPSA) is 108 Å². The minimum Gasteiger partial charge on any atom is -0.480 e. The second-order valence-electron chi connectivity index (χ2n) is 5.43. The summed E-state index contributed by atoms with van der Waals surface area (Å²) in [5.74, 6) is -1.11. The summed E-state index contributed by atoms with van der Waals surface area (Å²) in [5.41, 5.74) is -1.16. The van der Waals surface area contributed by atoms with Gasteiger partial charge < -0.3 is 21.1 Å². The highest BCUT2D eigenvalue weighted by molar-refractivity contribution is 5.86. The summed E-state index contributed by atoms with van der Waals surface area (Å²) in [5, 5.41) is 17.2. The molecule has 1 fully saturated rings. The van der Waals surface area contributed by atoms with Gasteiger partial charge in [-0.05, 0) is 19.3 Å². The highest BCUT2D eigenvalue weighted by Crippen LogP contribution is 2.28. The lowest BCUT2D eigenvalue weighted by molar-refractivity contribution is -0.145. The van der Waals surface area contributed by atoms with Crippen molar-refractivity contribution in [1.29, 1.82) is 0 Å². The fourth-order valence-corrected chi connectivity index (χ4v) is 2.45. The van der Waals surface area contributed by atoms with Crippen molar-refractivity contribution < 1.29 is 19.5 Å². The SMILES string of the molecule is CCCNC(=O)CCNC(=O)NC1(C(=O)O)CCCCC1. The molecular formula is C14H25N3O4. The van der Waals surface area contributed by atoms with E-state index in [4.69, 9.17) is 0 Å². The minimum atomic E-state index is -1.16. The van der Waals surface area contributed by atoms with Crippen LogP contribution in [0.4, 0.5) is 4.79 Å². The van der Waals surface area contributed by atoms with Crippen LogP contribution in [-0.4, -0.2) is 41.6 Å². The molecule has 0 saturated heterocycles. The van der Waals surface area contributed by atoms with E-state index in [0.717, 1.165) is 25.7 Å². The maximum absolute atomic E-state index is 11.8. The van der Waals surface area contributed by atoms with Crippen molar-refractivity contribution in [2.45, 2.75) is 57.4 Å². The molecule has 0 bridgehead atoms. The first-order chi connectivity index (χ1) is 10.00. The zero-order chi connectivity index (χ0) is 15.7. The van der Waals surface area contributed by atoms with Crippen LogP contribution >= 0.6 is 0 Å². The number of rotatable bonds is 7. The fraction of sp³-hybridized carbons (Fsp3) is 0.786. The van der Waals surface area contributed by atoms with Gasteiger partial charge in [0.25, 0.3) is 0 Å². The van der Waals surface area contributed by atoms with Crippen LogP contribution in [0.1, 0.15) is 51.9 Å². The second-order valence-corrected chi connectivity index (χ2v) is 5.43. The largest absolute Gasteiger partial charge is 0.480 e. The van der Waals surface area contributed by atoms with Crippen LogP contribution < -0.4 is 16.0 Å². The van der Waals surface area contributed by atoms with Crippen LogP contribution in [0.15, 0.2) is 0 Å². The van der Waals surface area contributed by atoms with Crippen LogP contribution in [0.5, 0.6) is 0 Å². The third kappa shape index (κ3) is 5.61. The number of carboxylic acid groups (broad SMARTS) is 1. The van der Waals surface area contributed by atoms with Crippen molar-refractivity contribution >= 4 is 17.9 Å². The van der Waals surface area contributed by atoms with Crippen molar-refractivity contribution in [2.75, 3.05) is 13.1 Å². The van der Waals surface area contributed by atoms with Gasteiger partial charge in [-0.3, -0.25) is 4.79 Å². The molecule has 1 aliphatic rings. The molecule has 4 N–H and O–H groups in total. The molecule has 0 aromatic heterocycles. The van der Waals surface area contributed by atoms with Crippen molar-refractivity contribution in [3.05, 3.63) is 0 Å². The molecular weight excluding hydrogens is 274 g/mol.